The van der Waals surface area contributed by atoms with Crippen LogP contribution in [0.15, 0.2) is 0 Å². The second-order valence-corrected chi connectivity index (χ2v) is 5.93. The normalized spacial score (nSPS) is 11.0. The summed E-state index contributed by atoms with van der Waals surface area (Å²) in [5.41, 5.74) is 1.16. The Labute approximate surface area is 130 Å². The molecular weight excluding hydrogens is 260 g/mol. The van der Waals surface area contributed by atoms with Gasteiger partial charge in [-0.3, -0.25) is 0 Å². The van der Waals surface area contributed by atoms with Gasteiger partial charge in [0.15, 0.2) is 0 Å². The van der Waals surface area contributed by atoms with E-state index < -0.39 is 0 Å². The number of unbranched alkanes of at least 4 members (excludes halogenated alkanes) is 2. The Bertz CT molecular complexity index is 429. The summed E-state index contributed by atoms with van der Waals surface area (Å²) in [5, 5.41) is 3.22. The first-order valence-electron chi connectivity index (χ1n) is 8.36. The van der Waals surface area contributed by atoms with E-state index in [0.29, 0.717) is 6.04 Å². The van der Waals surface area contributed by atoms with Crippen molar-refractivity contribution in [3.63, 3.8) is 0 Å². The third kappa shape index (κ3) is 4.87. The van der Waals surface area contributed by atoms with E-state index in [1.54, 1.807) is 0 Å². The van der Waals surface area contributed by atoms with Crippen LogP contribution < -0.4 is 10.2 Å². The van der Waals surface area contributed by atoms with Crippen molar-refractivity contribution in [3.8, 4) is 0 Å². The first-order chi connectivity index (χ1) is 10.0. The van der Waals surface area contributed by atoms with Crippen LogP contribution in [0.25, 0.3) is 0 Å². The molecule has 0 amide bonds. The lowest BCUT2D eigenvalue weighted by Gasteiger charge is -2.30. The van der Waals surface area contributed by atoms with E-state index in [2.05, 4.69) is 49.8 Å². The molecule has 120 valence electrons. The van der Waals surface area contributed by atoms with Crippen LogP contribution in [0.3, 0.4) is 0 Å². The Hall–Kier alpha value is -1.32. The van der Waals surface area contributed by atoms with Crippen molar-refractivity contribution in [3.05, 3.63) is 11.4 Å². The number of nitrogens with zero attached hydrogens (tertiary/aromatic N) is 3. The zero-order valence-electron chi connectivity index (χ0n) is 14.7. The van der Waals surface area contributed by atoms with Gasteiger partial charge in [-0.25, -0.2) is 9.97 Å². The third-order valence-corrected chi connectivity index (χ3v) is 3.77. The lowest BCUT2D eigenvalue weighted by atomic mass is 10.2. The molecule has 0 saturated carbocycles. The first kappa shape index (κ1) is 17.7. The van der Waals surface area contributed by atoms with Crippen LogP contribution in [0.4, 0.5) is 11.6 Å². The molecule has 0 saturated heterocycles. The smallest absolute Gasteiger partial charge is 0.137 e. The molecule has 4 heteroatoms. The summed E-state index contributed by atoms with van der Waals surface area (Å²) in [4.78, 5) is 11.9. The maximum absolute atomic E-state index is 4.85. The fourth-order valence-electron chi connectivity index (χ4n) is 2.55. The van der Waals surface area contributed by atoms with Crippen LogP contribution in [-0.2, 0) is 6.42 Å². The highest BCUT2D eigenvalue weighted by Gasteiger charge is 2.18. The van der Waals surface area contributed by atoms with Crippen molar-refractivity contribution in [1.29, 1.82) is 0 Å². The number of nitrogens with one attached hydrogen (secondary N) is 1. The van der Waals surface area contributed by atoms with Crippen LogP contribution in [0.1, 0.15) is 64.8 Å². The van der Waals surface area contributed by atoms with E-state index in [4.69, 9.17) is 4.98 Å². The SMILES string of the molecule is CCCCCN(c1nc(CCC)nc(NC)c1C)C(C)C. The zero-order chi connectivity index (χ0) is 15.8. The Morgan fingerprint density at radius 1 is 1.10 bits per heavy atom. The molecule has 1 N–H and O–H groups in total. The van der Waals surface area contributed by atoms with Gasteiger partial charge in [0.1, 0.15) is 17.5 Å². The number of hydrogen-bond acceptors (Lipinski definition) is 4. The molecule has 0 bridgehead atoms. The second-order valence-electron chi connectivity index (χ2n) is 5.93. The maximum Gasteiger partial charge on any atom is 0.137 e. The van der Waals surface area contributed by atoms with Crippen molar-refractivity contribution in [1.82, 2.24) is 9.97 Å². The van der Waals surface area contributed by atoms with Crippen molar-refractivity contribution in [2.45, 2.75) is 72.8 Å². The standard InChI is InChI=1S/C17H32N4/c1-7-9-10-12-21(13(3)4)17-14(5)16(18-6)19-15(20-17)11-8-2/h13H,7-12H2,1-6H3,(H,18,19,20). The van der Waals surface area contributed by atoms with E-state index in [1.165, 1.54) is 19.3 Å². The van der Waals surface area contributed by atoms with Crippen molar-refractivity contribution < 1.29 is 0 Å². The highest BCUT2D eigenvalue weighted by Crippen LogP contribution is 2.26. The van der Waals surface area contributed by atoms with Crippen LogP contribution >= 0.6 is 0 Å². The monoisotopic (exact) mass is 292 g/mol. The minimum Gasteiger partial charge on any atom is -0.373 e. The Kier molecular flexibility index (Phi) is 7.48. The molecule has 21 heavy (non-hydrogen) atoms. The molecular formula is C17H32N4. The van der Waals surface area contributed by atoms with Gasteiger partial charge in [0.05, 0.1) is 0 Å². The van der Waals surface area contributed by atoms with Gasteiger partial charge >= 0.3 is 0 Å². The van der Waals surface area contributed by atoms with Gasteiger partial charge in [0.2, 0.25) is 0 Å². The van der Waals surface area contributed by atoms with E-state index >= 15 is 0 Å². The highest BCUT2D eigenvalue weighted by molar-refractivity contribution is 5.58. The highest BCUT2D eigenvalue weighted by atomic mass is 15.2. The van der Waals surface area contributed by atoms with Crippen molar-refractivity contribution >= 4 is 11.6 Å². The number of rotatable bonds is 9. The van der Waals surface area contributed by atoms with Gasteiger partial charge in [-0.15, -0.1) is 0 Å². The van der Waals surface area contributed by atoms with E-state index in [9.17, 15) is 0 Å². The molecule has 1 aromatic rings. The minimum atomic E-state index is 0.453. The van der Waals surface area contributed by atoms with Gasteiger partial charge in [0.25, 0.3) is 0 Å². The minimum absolute atomic E-state index is 0.453. The fourth-order valence-corrected chi connectivity index (χ4v) is 2.55. The number of aromatic nitrogens is 2. The second kappa shape index (κ2) is 8.85. The molecule has 0 aromatic carbocycles. The molecule has 0 unspecified atom stereocenters. The summed E-state index contributed by atoms with van der Waals surface area (Å²) in [5.74, 6) is 3.01. The van der Waals surface area contributed by atoms with Gasteiger partial charge in [0, 0.05) is 31.6 Å². The van der Waals surface area contributed by atoms with E-state index in [1.807, 2.05) is 7.05 Å². The Balaban J connectivity index is 3.12. The molecule has 1 rings (SSSR count). The average Bonchev–Trinajstić information content (AvgIpc) is 2.45. The van der Waals surface area contributed by atoms with E-state index in [-0.39, 0.29) is 0 Å². The third-order valence-electron chi connectivity index (χ3n) is 3.77. The number of aryl methyl sites for hydroxylation is 1. The number of anilines is 2. The maximum atomic E-state index is 4.85. The summed E-state index contributed by atoms with van der Waals surface area (Å²) < 4.78 is 0. The predicted octanol–water partition coefficient (Wildman–Crippen LogP) is 4.18. The predicted molar refractivity (Wildman–Crippen MR) is 92.3 cm³/mol. The Morgan fingerprint density at radius 3 is 2.33 bits per heavy atom. The number of hydrogen-bond donors (Lipinski definition) is 1. The molecule has 0 aliphatic carbocycles. The molecule has 0 aliphatic rings. The lowest BCUT2D eigenvalue weighted by Crippen LogP contribution is -2.33. The van der Waals surface area contributed by atoms with Crippen molar-refractivity contribution in [2.24, 2.45) is 0 Å². The molecule has 0 radical (unpaired) electrons. The zero-order valence-corrected chi connectivity index (χ0v) is 14.7. The van der Waals surface area contributed by atoms with Gasteiger partial charge in [-0.2, -0.15) is 0 Å². The molecule has 0 atom stereocenters. The largest absolute Gasteiger partial charge is 0.373 e. The van der Waals surface area contributed by atoms with Gasteiger partial charge in [-0.05, 0) is 33.6 Å². The summed E-state index contributed by atoms with van der Waals surface area (Å²) in [6.07, 6.45) is 5.74. The summed E-state index contributed by atoms with van der Waals surface area (Å²) in [7, 11) is 1.94. The lowest BCUT2D eigenvalue weighted by molar-refractivity contribution is 0.615. The van der Waals surface area contributed by atoms with Crippen LogP contribution in [0.2, 0.25) is 0 Å². The summed E-state index contributed by atoms with van der Waals surface area (Å²) in [6, 6.07) is 0.453. The fraction of sp³-hybridized carbons (Fsp3) is 0.765. The molecule has 1 heterocycles. The van der Waals surface area contributed by atoms with Crippen LogP contribution in [0.5, 0.6) is 0 Å². The summed E-state index contributed by atoms with van der Waals surface area (Å²) in [6.45, 7) is 12.1. The molecule has 0 fully saturated rings. The molecule has 4 nitrogen and oxygen atoms in total. The average molecular weight is 292 g/mol. The topological polar surface area (TPSA) is 41.1 Å². The quantitative estimate of drug-likeness (QED) is 0.693. The van der Waals surface area contributed by atoms with Gasteiger partial charge < -0.3 is 10.2 Å². The first-order valence-corrected chi connectivity index (χ1v) is 8.36. The van der Waals surface area contributed by atoms with Crippen LogP contribution in [-0.4, -0.2) is 29.6 Å². The molecule has 0 spiro atoms. The van der Waals surface area contributed by atoms with E-state index in [0.717, 1.165) is 42.4 Å². The van der Waals surface area contributed by atoms with Gasteiger partial charge in [-0.1, -0.05) is 26.7 Å². The van der Waals surface area contributed by atoms with Crippen molar-refractivity contribution in [2.75, 3.05) is 23.8 Å². The molecule has 0 aliphatic heterocycles. The molecule has 1 aromatic heterocycles. The summed E-state index contributed by atoms with van der Waals surface area (Å²) >= 11 is 0. The van der Waals surface area contributed by atoms with Crippen LogP contribution in [0, 0.1) is 6.92 Å². The Morgan fingerprint density at radius 2 is 1.81 bits per heavy atom.